The minimum atomic E-state index is -0.0961. The molecule has 0 amide bonds. The molecule has 2 nitrogen and oxygen atoms in total. The van der Waals surface area contributed by atoms with Crippen LogP contribution in [0.2, 0.25) is 0 Å². The van der Waals surface area contributed by atoms with Gasteiger partial charge in [0.1, 0.15) is 5.60 Å². The summed E-state index contributed by atoms with van der Waals surface area (Å²) in [6, 6.07) is 0. The Kier molecular flexibility index (Phi) is 3.21. The highest BCUT2D eigenvalue weighted by Gasteiger charge is 2.52. The molecule has 4 unspecified atom stereocenters. The number of hydrogen-bond donors (Lipinski definition) is 0. The molecule has 0 radical (unpaired) electrons. The van der Waals surface area contributed by atoms with Crippen LogP contribution >= 0.6 is 0 Å². The summed E-state index contributed by atoms with van der Waals surface area (Å²) in [5, 5.41) is 0. The lowest BCUT2D eigenvalue weighted by Gasteiger charge is -2.37. The van der Waals surface area contributed by atoms with E-state index in [1.165, 1.54) is 19.3 Å². The van der Waals surface area contributed by atoms with Crippen LogP contribution in [-0.2, 0) is 9.53 Å². The van der Waals surface area contributed by atoms with Crippen LogP contribution in [0.4, 0.5) is 0 Å². The second-order valence-corrected chi connectivity index (χ2v) is 6.40. The zero-order valence-corrected chi connectivity index (χ0v) is 11.4. The van der Waals surface area contributed by atoms with Crippen molar-refractivity contribution in [2.75, 3.05) is 0 Å². The number of rotatable bonds is 3. The highest BCUT2D eigenvalue weighted by molar-refractivity contribution is 5.73. The van der Waals surface area contributed by atoms with Gasteiger partial charge in [-0.15, -0.1) is 0 Å². The Labute approximate surface area is 110 Å². The van der Waals surface area contributed by atoms with Gasteiger partial charge in [-0.25, -0.2) is 0 Å². The van der Waals surface area contributed by atoms with Crippen molar-refractivity contribution >= 4 is 5.97 Å². The monoisotopic (exact) mass is 248 g/mol. The molecule has 18 heavy (non-hydrogen) atoms. The standard InChI is InChI=1S/C16H24O2/c1-2-16(11-12-8-9-14(16)10-12)18-15(17)13-6-4-3-5-7-13/h3-4,12-14H,2,5-11H2,1H3. The Hall–Kier alpha value is -0.790. The zero-order chi connectivity index (χ0) is 12.6. The van der Waals surface area contributed by atoms with Crippen molar-refractivity contribution in [3.63, 3.8) is 0 Å². The number of ether oxygens (including phenoxy) is 1. The fourth-order valence-electron chi connectivity index (χ4n) is 4.32. The lowest BCUT2D eigenvalue weighted by Crippen LogP contribution is -2.41. The van der Waals surface area contributed by atoms with Crippen LogP contribution in [0.5, 0.6) is 0 Å². The van der Waals surface area contributed by atoms with Gasteiger partial charge in [0.25, 0.3) is 0 Å². The molecule has 2 bridgehead atoms. The molecule has 0 saturated heterocycles. The lowest BCUT2D eigenvalue weighted by atomic mass is 9.81. The van der Waals surface area contributed by atoms with E-state index in [-0.39, 0.29) is 17.5 Å². The van der Waals surface area contributed by atoms with Crippen LogP contribution in [0.1, 0.15) is 58.3 Å². The summed E-state index contributed by atoms with van der Waals surface area (Å²) in [7, 11) is 0. The molecule has 0 N–H and O–H groups in total. The van der Waals surface area contributed by atoms with Crippen molar-refractivity contribution in [2.45, 2.75) is 63.9 Å². The summed E-state index contributed by atoms with van der Waals surface area (Å²) in [4.78, 5) is 12.3. The maximum Gasteiger partial charge on any atom is 0.309 e. The number of hydrogen-bond acceptors (Lipinski definition) is 2. The SMILES string of the molecule is CCC1(OC(=O)C2CC=CCC2)CC2CCC1C2. The molecule has 0 aromatic carbocycles. The largest absolute Gasteiger partial charge is 0.459 e. The highest BCUT2D eigenvalue weighted by Crippen LogP contribution is 2.54. The van der Waals surface area contributed by atoms with E-state index < -0.39 is 0 Å². The zero-order valence-electron chi connectivity index (χ0n) is 11.4. The van der Waals surface area contributed by atoms with Crippen LogP contribution < -0.4 is 0 Å². The summed E-state index contributed by atoms with van der Waals surface area (Å²) < 4.78 is 6.05. The number of esters is 1. The van der Waals surface area contributed by atoms with Crippen molar-refractivity contribution < 1.29 is 9.53 Å². The summed E-state index contributed by atoms with van der Waals surface area (Å²) in [6.07, 6.45) is 13.3. The molecule has 3 aliphatic rings. The quantitative estimate of drug-likeness (QED) is 0.560. The topological polar surface area (TPSA) is 26.3 Å². The van der Waals surface area contributed by atoms with E-state index in [0.717, 1.165) is 38.0 Å². The second kappa shape index (κ2) is 4.71. The molecule has 3 rings (SSSR count). The fraction of sp³-hybridized carbons (Fsp3) is 0.812. The van der Waals surface area contributed by atoms with E-state index in [2.05, 4.69) is 19.1 Å². The van der Waals surface area contributed by atoms with Crippen LogP contribution in [0.15, 0.2) is 12.2 Å². The van der Waals surface area contributed by atoms with Crippen LogP contribution in [-0.4, -0.2) is 11.6 Å². The molecule has 0 spiro atoms. The van der Waals surface area contributed by atoms with E-state index in [0.29, 0.717) is 5.92 Å². The van der Waals surface area contributed by atoms with Crippen molar-refractivity contribution in [1.82, 2.24) is 0 Å². The Balaban J connectivity index is 1.67. The minimum absolute atomic E-state index is 0.0775. The van der Waals surface area contributed by atoms with Gasteiger partial charge in [0.15, 0.2) is 0 Å². The minimum Gasteiger partial charge on any atom is -0.459 e. The maximum absolute atomic E-state index is 12.3. The Morgan fingerprint density at radius 2 is 2.22 bits per heavy atom. The van der Waals surface area contributed by atoms with E-state index in [1.54, 1.807) is 0 Å². The van der Waals surface area contributed by atoms with Gasteiger partial charge in [-0.1, -0.05) is 19.1 Å². The van der Waals surface area contributed by atoms with Gasteiger partial charge >= 0.3 is 5.97 Å². The molecular weight excluding hydrogens is 224 g/mol. The molecule has 2 fully saturated rings. The third kappa shape index (κ3) is 2.00. The third-order valence-corrected chi connectivity index (χ3v) is 5.42. The predicted octanol–water partition coefficient (Wildman–Crippen LogP) is 3.85. The van der Waals surface area contributed by atoms with Crippen molar-refractivity contribution in [3.05, 3.63) is 12.2 Å². The molecule has 4 atom stereocenters. The van der Waals surface area contributed by atoms with Gasteiger partial charge in [0, 0.05) is 0 Å². The number of carbonyl (C=O) groups excluding carboxylic acids is 1. The van der Waals surface area contributed by atoms with Gasteiger partial charge in [0.2, 0.25) is 0 Å². The van der Waals surface area contributed by atoms with Crippen LogP contribution in [0, 0.1) is 17.8 Å². The summed E-state index contributed by atoms with van der Waals surface area (Å²) >= 11 is 0. The van der Waals surface area contributed by atoms with E-state index in [9.17, 15) is 4.79 Å². The molecule has 100 valence electrons. The molecule has 0 aliphatic heterocycles. The highest BCUT2D eigenvalue weighted by atomic mass is 16.6. The van der Waals surface area contributed by atoms with Crippen molar-refractivity contribution in [1.29, 1.82) is 0 Å². The first-order chi connectivity index (χ1) is 8.73. The molecule has 3 aliphatic carbocycles. The van der Waals surface area contributed by atoms with Crippen LogP contribution in [0.25, 0.3) is 0 Å². The average molecular weight is 248 g/mol. The van der Waals surface area contributed by atoms with Gasteiger partial charge in [-0.3, -0.25) is 4.79 Å². The third-order valence-electron chi connectivity index (χ3n) is 5.42. The van der Waals surface area contributed by atoms with Gasteiger partial charge in [0.05, 0.1) is 5.92 Å². The smallest absolute Gasteiger partial charge is 0.309 e. The summed E-state index contributed by atoms with van der Waals surface area (Å²) in [5.74, 6) is 1.68. The first-order valence-corrected chi connectivity index (χ1v) is 7.61. The molecule has 0 heterocycles. The molecule has 2 heteroatoms. The van der Waals surface area contributed by atoms with Gasteiger partial charge < -0.3 is 4.74 Å². The number of allylic oxidation sites excluding steroid dienone is 2. The van der Waals surface area contributed by atoms with Gasteiger partial charge in [-0.05, 0) is 63.2 Å². The van der Waals surface area contributed by atoms with E-state index in [1.807, 2.05) is 0 Å². The number of fused-ring (bicyclic) bond motifs is 2. The van der Waals surface area contributed by atoms with E-state index >= 15 is 0 Å². The fourth-order valence-corrected chi connectivity index (χ4v) is 4.32. The molecule has 2 saturated carbocycles. The second-order valence-electron chi connectivity index (χ2n) is 6.40. The maximum atomic E-state index is 12.3. The van der Waals surface area contributed by atoms with E-state index in [4.69, 9.17) is 4.74 Å². The first kappa shape index (κ1) is 12.3. The predicted molar refractivity (Wildman–Crippen MR) is 71.0 cm³/mol. The van der Waals surface area contributed by atoms with Crippen molar-refractivity contribution in [3.8, 4) is 0 Å². The van der Waals surface area contributed by atoms with Gasteiger partial charge in [-0.2, -0.15) is 0 Å². The normalized spacial score (nSPS) is 42.2. The molecule has 0 aromatic rings. The molecular formula is C16H24O2. The van der Waals surface area contributed by atoms with Crippen molar-refractivity contribution in [2.24, 2.45) is 17.8 Å². The lowest BCUT2D eigenvalue weighted by molar-refractivity contribution is -0.171. The summed E-state index contributed by atoms with van der Waals surface area (Å²) in [6.45, 7) is 2.19. The Bertz CT molecular complexity index is 360. The number of carbonyl (C=O) groups is 1. The Morgan fingerprint density at radius 1 is 1.33 bits per heavy atom. The van der Waals surface area contributed by atoms with Crippen LogP contribution in [0.3, 0.4) is 0 Å². The molecule has 0 aromatic heterocycles. The average Bonchev–Trinajstić information content (AvgIpc) is 3.00. The Morgan fingerprint density at radius 3 is 2.78 bits per heavy atom. The first-order valence-electron chi connectivity index (χ1n) is 7.61. The summed E-state index contributed by atoms with van der Waals surface area (Å²) in [5.41, 5.74) is -0.0961.